The van der Waals surface area contributed by atoms with Crippen LogP contribution in [-0.4, -0.2) is 29.7 Å². The summed E-state index contributed by atoms with van der Waals surface area (Å²) in [5, 5.41) is 4.14. The number of ether oxygens (including phenoxy) is 1. The second kappa shape index (κ2) is 6.20. The van der Waals surface area contributed by atoms with Gasteiger partial charge in [0.05, 0.1) is 5.56 Å². The molecule has 0 spiro atoms. The Balaban J connectivity index is 1.90. The summed E-state index contributed by atoms with van der Waals surface area (Å²) in [6.45, 7) is 4.39. The lowest BCUT2D eigenvalue weighted by Crippen LogP contribution is -2.38. The molecule has 0 saturated carbocycles. The minimum absolute atomic E-state index is 0.0152. The van der Waals surface area contributed by atoms with Crippen LogP contribution >= 0.6 is 15.9 Å². The summed E-state index contributed by atoms with van der Waals surface area (Å²) in [4.78, 5) is 12.6. The highest BCUT2D eigenvalue weighted by molar-refractivity contribution is 9.10. The van der Waals surface area contributed by atoms with Crippen molar-refractivity contribution < 1.29 is 9.53 Å². The Morgan fingerprint density at radius 2 is 2.19 bits per heavy atom. The van der Waals surface area contributed by atoms with Gasteiger partial charge in [0.25, 0.3) is 5.91 Å². The SMILES string of the molecule is CCn1cc(C(=O)NC2CCOCC2)c2ccc(Br)cc21. The molecule has 2 aromatic rings. The molecule has 1 N–H and O–H groups in total. The van der Waals surface area contributed by atoms with Gasteiger partial charge in [-0.25, -0.2) is 0 Å². The van der Waals surface area contributed by atoms with Gasteiger partial charge < -0.3 is 14.6 Å². The smallest absolute Gasteiger partial charge is 0.253 e. The van der Waals surface area contributed by atoms with Crippen molar-refractivity contribution in [1.29, 1.82) is 0 Å². The summed E-state index contributed by atoms with van der Waals surface area (Å²) in [6, 6.07) is 6.27. The zero-order chi connectivity index (χ0) is 14.8. The van der Waals surface area contributed by atoms with E-state index in [1.54, 1.807) is 0 Å². The van der Waals surface area contributed by atoms with Crippen molar-refractivity contribution in [1.82, 2.24) is 9.88 Å². The molecule has 1 aliphatic heterocycles. The highest BCUT2D eigenvalue weighted by atomic mass is 79.9. The van der Waals surface area contributed by atoms with Crippen molar-refractivity contribution in [2.75, 3.05) is 13.2 Å². The maximum atomic E-state index is 12.6. The van der Waals surface area contributed by atoms with Crippen LogP contribution in [0.1, 0.15) is 30.1 Å². The number of carbonyl (C=O) groups is 1. The molecule has 0 unspecified atom stereocenters. The molecule has 112 valence electrons. The van der Waals surface area contributed by atoms with Gasteiger partial charge in [-0.2, -0.15) is 0 Å². The topological polar surface area (TPSA) is 43.3 Å². The van der Waals surface area contributed by atoms with E-state index >= 15 is 0 Å². The molecule has 1 saturated heterocycles. The largest absolute Gasteiger partial charge is 0.381 e. The molecule has 0 aliphatic carbocycles. The first-order valence-electron chi connectivity index (χ1n) is 7.36. The van der Waals surface area contributed by atoms with Crippen LogP contribution in [0.2, 0.25) is 0 Å². The molecule has 3 rings (SSSR count). The van der Waals surface area contributed by atoms with Crippen molar-refractivity contribution in [2.45, 2.75) is 32.4 Å². The third kappa shape index (κ3) is 2.99. The van der Waals surface area contributed by atoms with E-state index < -0.39 is 0 Å². The first-order chi connectivity index (χ1) is 10.2. The predicted molar refractivity (Wildman–Crippen MR) is 86.6 cm³/mol. The third-order valence-electron chi connectivity index (χ3n) is 3.99. The summed E-state index contributed by atoms with van der Waals surface area (Å²) in [5.41, 5.74) is 1.84. The maximum absolute atomic E-state index is 12.6. The summed E-state index contributed by atoms with van der Waals surface area (Å²) in [6.07, 6.45) is 3.74. The van der Waals surface area contributed by atoms with E-state index in [4.69, 9.17) is 4.74 Å². The fourth-order valence-corrected chi connectivity index (χ4v) is 3.16. The van der Waals surface area contributed by atoms with Crippen molar-refractivity contribution in [3.63, 3.8) is 0 Å². The lowest BCUT2D eigenvalue weighted by molar-refractivity contribution is 0.0697. The molecule has 21 heavy (non-hydrogen) atoms. The minimum Gasteiger partial charge on any atom is -0.381 e. The zero-order valence-electron chi connectivity index (χ0n) is 12.1. The van der Waals surface area contributed by atoms with E-state index in [9.17, 15) is 4.79 Å². The molecule has 4 nitrogen and oxygen atoms in total. The molecule has 0 atom stereocenters. The summed E-state index contributed by atoms with van der Waals surface area (Å²) < 4.78 is 8.47. The number of hydrogen-bond acceptors (Lipinski definition) is 2. The maximum Gasteiger partial charge on any atom is 0.253 e. The first-order valence-corrected chi connectivity index (χ1v) is 8.15. The van der Waals surface area contributed by atoms with Gasteiger partial charge in [-0.1, -0.05) is 22.0 Å². The minimum atomic E-state index is 0.0152. The van der Waals surface area contributed by atoms with Crippen molar-refractivity contribution in [3.8, 4) is 0 Å². The first kappa shape index (κ1) is 14.6. The van der Waals surface area contributed by atoms with Crippen LogP contribution in [0.4, 0.5) is 0 Å². The van der Waals surface area contributed by atoms with Crippen LogP contribution in [0.15, 0.2) is 28.9 Å². The van der Waals surface area contributed by atoms with Gasteiger partial charge in [0, 0.05) is 47.4 Å². The third-order valence-corrected chi connectivity index (χ3v) is 4.48. The van der Waals surface area contributed by atoms with E-state index in [2.05, 4.69) is 38.8 Å². The molecule has 1 aromatic carbocycles. The van der Waals surface area contributed by atoms with E-state index in [0.717, 1.165) is 53.5 Å². The number of hydrogen-bond donors (Lipinski definition) is 1. The zero-order valence-corrected chi connectivity index (χ0v) is 13.6. The number of nitrogens with one attached hydrogen (secondary N) is 1. The quantitative estimate of drug-likeness (QED) is 0.922. The standard InChI is InChI=1S/C16H19BrN2O2/c1-2-19-10-14(13-4-3-11(17)9-15(13)19)16(20)18-12-5-7-21-8-6-12/h3-4,9-10,12H,2,5-8H2,1H3,(H,18,20). The molecule has 5 heteroatoms. The van der Waals surface area contributed by atoms with Crippen LogP contribution in [0.5, 0.6) is 0 Å². The van der Waals surface area contributed by atoms with Gasteiger partial charge >= 0.3 is 0 Å². The number of fused-ring (bicyclic) bond motifs is 1. The number of rotatable bonds is 3. The van der Waals surface area contributed by atoms with Crippen LogP contribution in [0.25, 0.3) is 10.9 Å². The van der Waals surface area contributed by atoms with E-state index in [1.165, 1.54) is 0 Å². The number of amides is 1. The van der Waals surface area contributed by atoms with Gasteiger partial charge in [-0.15, -0.1) is 0 Å². The normalized spacial score (nSPS) is 16.3. The Kier molecular flexibility index (Phi) is 4.31. The Labute approximate surface area is 132 Å². The fraction of sp³-hybridized carbons (Fsp3) is 0.438. The van der Waals surface area contributed by atoms with Gasteiger partial charge in [-0.3, -0.25) is 4.79 Å². The molecule has 1 aromatic heterocycles. The highest BCUT2D eigenvalue weighted by Crippen LogP contribution is 2.25. The molecule has 0 bridgehead atoms. The van der Waals surface area contributed by atoms with Gasteiger partial charge in [-0.05, 0) is 31.9 Å². The summed E-state index contributed by atoms with van der Waals surface area (Å²) in [5.74, 6) is 0.0152. The molecule has 1 aliphatic rings. The lowest BCUT2D eigenvalue weighted by atomic mass is 10.1. The number of halogens is 1. The Hall–Kier alpha value is -1.33. The summed E-state index contributed by atoms with van der Waals surface area (Å²) >= 11 is 3.49. The average molecular weight is 351 g/mol. The molecule has 1 amide bonds. The lowest BCUT2D eigenvalue weighted by Gasteiger charge is -2.22. The van der Waals surface area contributed by atoms with Gasteiger partial charge in [0.2, 0.25) is 0 Å². The van der Waals surface area contributed by atoms with Crippen LogP contribution in [-0.2, 0) is 11.3 Å². The predicted octanol–water partition coefficient (Wildman–Crippen LogP) is 3.33. The fourth-order valence-electron chi connectivity index (χ4n) is 2.81. The van der Waals surface area contributed by atoms with Crippen LogP contribution < -0.4 is 5.32 Å². The second-order valence-corrected chi connectivity index (χ2v) is 6.27. The molecule has 1 fully saturated rings. The Morgan fingerprint density at radius 3 is 2.90 bits per heavy atom. The van der Waals surface area contributed by atoms with E-state index in [1.807, 2.05) is 18.3 Å². The van der Waals surface area contributed by atoms with Gasteiger partial charge in [0.15, 0.2) is 0 Å². The van der Waals surface area contributed by atoms with Crippen molar-refractivity contribution in [3.05, 3.63) is 34.4 Å². The second-order valence-electron chi connectivity index (χ2n) is 5.35. The van der Waals surface area contributed by atoms with Gasteiger partial charge in [0.1, 0.15) is 0 Å². The monoisotopic (exact) mass is 350 g/mol. The number of benzene rings is 1. The molecular weight excluding hydrogens is 332 g/mol. The number of carbonyl (C=O) groups excluding carboxylic acids is 1. The summed E-state index contributed by atoms with van der Waals surface area (Å²) in [7, 11) is 0. The number of aryl methyl sites for hydroxylation is 1. The molecule has 2 heterocycles. The van der Waals surface area contributed by atoms with E-state index in [-0.39, 0.29) is 11.9 Å². The van der Waals surface area contributed by atoms with Crippen molar-refractivity contribution in [2.24, 2.45) is 0 Å². The van der Waals surface area contributed by atoms with Crippen LogP contribution in [0.3, 0.4) is 0 Å². The number of nitrogens with zero attached hydrogens (tertiary/aromatic N) is 1. The highest BCUT2D eigenvalue weighted by Gasteiger charge is 2.20. The molecule has 0 radical (unpaired) electrons. The van der Waals surface area contributed by atoms with Crippen molar-refractivity contribution >= 4 is 32.7 Å². The number of aromatic nitrogens is 1. The Bertz CT molecular complexity index is 660. The average Bonchev–Trinajstić information content (AvgIpc) is 2.86. The van der Waals surface area contributed by atoms with E-state index in [0.29, 0.717) is 0 Å². The Morgan fingerprint density at radius 1 is 1.43 bits per heavy atom. The molecular formula is C16H19BrN2O2. The van der Waals surface area contributed by atoms with Crippen LogP contribution in [0, 0.1) is 0 Å².